The number of nitrogens with two attached hydrogens (primary N) is 2. The van der Waals surface area contributed by atoms with Gasteiger partial charge in [0.25, 0.3) is 0 Å². The van der Waals surface area contributed by atoms with Gasteiger partial charge in [-0.1, -0.05) is 17.6 Å². The van der Waals surface area contributed by atoms with Crippen molar-refractivity contribution < 1.29 is 47.4 Å². The Morgan fingerprint density at radius 1 is 1.15 bits per heavy atom. The number of hydrogen-bond donors (Lipinski definition) is 5. The summed E-state index contributed by atoms with van der Waals surface area (Å²) in [6.45, 7) is -2.81. The van der Waals surface area contributed by atoms with Gasteiger partial charge in [0.1, 0.15) is 17.9 Å². The zero-order valence-corrected chi connectivity index (χ0v) is 21.4. The summed E-state index contributed by atoms with van der Waals surface area (Å²) in [4.78, 5) is 31.2. The summed E-state index contributed by atoms with van der Waals surface area (Å²) < 4.78 is 49.3. The molecule has 210 valence electrons. The molecule has 7 N–H and O–H groups in total. The fourth-order valence-electron chi connectivity index (χ4n) is 5.38. The summed E-state index contributed by atoms with van der Waals surface area (Å²) in [7, 11) is -4.82. The SMILES string of the molecule is NC[C@H]1O[B@@-]2(O[C@@H]3[C@H](O2)[C@@H](COP(=O)(O)O)O[C@H]3n2cnc3c(N)ncnc32)c2c(OCCCO)cccc21. The number of aliphatic hydroxyl groups excluding tert-OH is 1. The van der Waals surface area contributed by atoms with Crippen LogP contribution in [-0.4, -0.2) is 85.8 Å². The first kappa shape index (κ1) is 26.5. The van der Waals surface area contributed by atoms with Crippen LogP contribution < -0.4 is 21.7 Å². The molecule has 0 bridgehead atoms. The predicted octanol–water partition coefficient (Wildman–Crippen LogP) is -1.16. The molecule has 1 spiro atoms. The highest BCUT2D eigenvalue weighted by Crippen LogP contribution is 2.48. The second-order valence-electron chi connectivity index (χ2n) is 9.32. The first-order chi connectivity index (χ1) is 18.7. The first-order valence-corrected chi connectivity index (χ1v) is 13.8. The number of anilines is 1. The van der Waals surface area contributed by atoms with Crippen molar-refractivity contribution in [3.8, 4) is 5.75 Å². The van der Waals surface area contributed by atoms with E-state index < -0.39 is 51.8 Å². The van der Waals surface area contributed by atoms with Crippen molar-refractivity contribution in [1.29, 1.82) is 0 Å². The topological polar surface area (TPSA) is 229 Å². The number of imidazole rings is 1. The third-order valence-electron chi connectivity index (χ3n) is 6.94. The normalized spacial score (nSPS) is 29.8. The van der Waals surface area contributed by atoms with Gasteiger partial charge >= 0.3 is 14.6 Å². The van der Waals surface area contributed by atoms with Gasteiger partial charge in [0, 0.05) is 19.6 Å². The highest BCUT2D eigenvalue weighted by atomic mass is 31.2. The molecular formula is C21H27BN6O10P-. The van der Waals surface area contributed by atoms with E-state index in [1.807, 2.05) is 6.07 Å². The minimum absolute atomic E-state index is 0.0441. The molecule has 39 heavy (non-hydrogen) atoms. The number of nitrogens with zero attached hydrogens (tertiary/aromatic N) is 4. The van der Waals surface area contributed by atoms with E-state index in [1.54, 1.807) is 16.7 Å². The Morgan fingerprint density at radius 2 is 1.97 bits per heavy atom. The summed E-state index contributed by atoms with van der Waals surface area (Å²) in [5.41, 5.74) is 13.9. The lowest BCUT2D eigenvalue weighted by Crippen LogP contribution is -2.52. The van der Waals surface area contributed by atoms with E-state index in [4.69, 9.17) is 39.4 Å². The number of rotatable bonds is 9. The molecular weight excluding hydrogens is 538 g/mol. The van der Waals surface area contributed by atoms with Crippen LogP contribution in [0.2, 0.25) is 0 Å². The Balaban J connectivity index is 1.40. The Morgan fingerprint density at radius 3 is 2.74 bits per heavy atom. The van der Waals surface area contributed by atoms with Crippen LogP contribution in [0.15, 0.2) is 30.9 Å². The lowest BCUT2D eigenvalue weighted by Gasteiger charge is -2.36. The maximum absolute atomic E-state index is 11.5. The van der Waals surface area contributed by atoms with Gasteiger partial charge in [-0.25, -0.2) is 19.5 Å². The fraction of sp³-hybridized carbons (Fsp3) is 0.476. The van der Waals surface area contributed by atoms with Crippen molar-refractivity contribution in [1.82, 2.24) is 19.5 Å². The van der Waals surface area contributed by atoms with E-state index >= 15 is 0 Å². The number of phosphoric acid groups is 1. The number of aromatic nitrogens is 4. The molecule has 6 rings (SSSR count). The number of fused-ring (bicyclic) bond motifs is 4. The van der Waals surface area contributed by atoms with E-state index in [0.29, 0.717) is 28.8 Å². The third-order valence-corrected chi connectivity index (χ3v) is 7.43. The summed E-state index contributed by atoms with van der Waals surface area (Å²) >= 11 is 0. The maximum atomic E-state index is 11.5. The lowest BCUT2D eigenvalue weighted by molar-refractivity contribution is -0.0682. The third kappa shape index (κ3) is 4.60. The summed E-state index contributed by atoms with van der Waals surface area (Å²) in [6.07, 6.45) is -1.02. The lowest BCUT2D eigenvalue weighted by atomic mass is 9.69. The van der Waals surface area contributed by atoms with Gasteiger partial charge in [-0.15, -0.1) is 0 Å². The number of phosphoric ester groups is 1. The Bertz CT molecular complexity index is 1430. The van der Waals surface area contributed by atoms with Crippen molar-refractivity contribution >= 4 is 37.0 Å². The first-order valence-electron chi connectivity index (χ1n) is 12.3. The van der Waals surface area contributed by atoms with Crippen molar-refractivity contribution in [2.75, 3.05) is 32.1 Å². The number of aliphatic hydroxyl groups is 1. The smallest absolute Gasteiger partial charge is 0.469 e. The van der Waals surface area contributed by atoms with Crippen LogP contribution in [0.25, 0.3) is 11.2 Å². The quantitative estimate of drug-likeness (QED) is 0.117. The van der Waals surface area contributed by atoms with E-state index in [9.17, 15) is 19.5 Å². The monoisotopic (exact) mass is 565 g/mol. The molecule has 0 aliphatic carbocycles. The van der Waals surface area contributed by atoms with Crippen LogP contribution >= 0.6 is 7.82 Å². The number of benzene rings is 1. The van der Waals surface area contributed by atoms with Gasteiger partial charge in [0.05, 0.1) is 43.6 Å². The van der Waals surface area contributed by atoms with Gasteiger partial charge < -0.3 is 49.8 Å². The molecule has 0 radical (unpaired) electrons. The van der Waals surface area contributed by atoms with Crippen LogP contribution in [0, 0.1) is 0 Å². The van der Waals surface area contributed by atoms with Crippen LogP contribution in [0.3, 0.4) is 0 Å². The van der Waals surface area contributed by atoms with Crippen molar-refractivity contribution in [2.45, 2.75) is 37.1 Å². The van der Waals surface area contributed by atoms with Gasteiger partial charge in [0.15, 0.2) is 17.7 Å². The zero-order valence-electron chi connectivity index (χ0n) is 20.5. The molecule has 6 atom stereocenters. The Kier molecular flexibility index (Phi) is 6.83. The van der Waals surface area contributed by atoms with Crippen LogP contribution in [0.4, 0.5) is 5.82 Å². The predicted molar refractivity (Wildman–Crippen MR) is 133 cm³/mol. The molecule has 18 heteroatoms. The highest BCUT2D eigenvalue weighted by Gasteiger charge is 2.60. The minimum Gasteiger partial charge on any atom is -0.534 e. The van der Waals surface area contributed by atoms with Crippen LogP contribution in [-0.2, 0) is 27.8 Å². The van der Waals surface area contributed by atoms with Crippen molar-refractivity contribution in [3.63, 3.8) is 0 Å². The molecule has 0 saturated carbocycles. The van der Waals surface area contributed by atoms with Gasteiger partial charge in [-0.05, 0) is 11.6 Å². The van der Waals surface area contributed by atoms with Crippen LogP contribution in [0.1, 0.15) is 24.3 Å². The molecule has 1 aromatic carbocycles. The summed E-state index contributed by atoms with van der Waals surface area (Å²) in [5, 5.41) is 9.21. The molecule has 0 unspecified atom stereocenters. The van der Waals surface area contributed by atoms with Gasteiger partial charge in [-0.2, -0.15) is 0 Å². The minimum atomic E-state index is -4.82. The Hall–Kier alpha value is -2.70. The van der Waals surface area contributed by atoms with Crippen molar-refractivity contribution in [3.05, 3.63) is 36.4 Å². The second kappa shape index (κ2) is 10.0. The average molecular weight is 565 g/mol. The number of hydrogen-bond acceptors (Lipinski definition) is 13. The van der Waals surface area contributed by atoms with Gasteiger partial charge in [-0.3, -0.25) is 9.09 Å². The molecule has 0 amide bonds. The fourth-order valence-corrected chi connectivity index (χ4v) is 5.72. The average Bonchev–Trinajstić information content (AvgIpc) is 3.65. The molecule has 5 heterocycles. The van der Waals surface area contributed by atoms with E-state index in [1.165, 1.54) is 12.7 Å². The van der Waals surface area contributed by atoms with Crippen LogP contribution in [0.5, 0.6) is 5.75 Å². The maximum Gasteiger partial charge on any atom is 0.469 e. The molecule has 2 aromatic heterocycles. The highest BCUT2D eigenvalue weighted by molar-refractivity contribution is 7.46. The molecule has 3 aliphatic heterocycles. The largest absolute Gasteiger partial charge is 0.534 e. The summed E-state index contributed by atoms with van der Waals surface area (Å²) in [5.74, 6) is 0.619. The summed E-state index contributed by atoms with van der Waals surface area (Å²) in [6, 6.07) is 5.39. The number of ether oxygens (including phenoxy) is 2. The molecule has 2 saturated heterocycles. The van der Waals surface area contributed by atoms with E-state index in [0.717, 1.165) is 5.56 Å². The second-order valence-corrected chi connectivity index (χ2v) is 10.6. The van der Waals surface area contributed by atoms with E-state index in [2.05, 4.69) is 15.0 Å². The van der Waals surface area contributed by atoms with Crippen molar-refractivity contribution in [2.24, 2.45) is 5.73 Å². The zero-order chi connectivity index (χ0) is 27.4. The standard InChI is InChI=1S/C21H27BN6O10P/c23-7-13-11-3-1-4-12(33-6-2-5-29)15(11)22(36-13)37-17-14(8-34-39(30,31)32)35-21(18(17)38-22)28-10-27-16-19(24)25-9-26-20(16)28/h1,3-4,9-10,13-14,17-18,21,29H,2,5-8,23H2,(H2,24,25,26)(H2,30,31,32)/q-1/t13-,14-,17-,18-,21-,22+/m1/s1. The van der Waals surface area contributed by atoms with E-state index in [-0.39, 0.29) is 25.6 Å². The number of nitrogen functional groups attached to an aromatic ring is 1. The van der Waals surface area contributed by atoms with Gasteiger partial charge in [0.2, 0.25) is 0 Å². The Labute approximate surface area is 221 Å². The molecule has 3 aromatic rings. The molecule has 2 fully saturated rings. The molecule has 16 nitrogen and oxygen atoms in total. The molecule has 3 aliphatic rings.